The maximum atomic E-state index is 13.4. The number of allylic oxidation sites excluding steroid dienone is 1. The fourth-order valence-electron chi connectivity index (χ4n) is 4.75. The average Bonchev–Trinajstić information content (AvgIpc) is 2.77. The van der Waals surface area contributed by atoms with Crippen molar-refractivity contribution in [2.24, 2.45) is 0 Å². The van der Waals surface area contributed by atoms with E-state index >= 15 is 0 Å². The summed E-state index contributed by atoms with van der Waals surface area (Å²) in [6.07, 6.45) is 2.17. The molecular weight excluding hydrogens is 416 g/mol. The van der Waals surface area contributed by atoms with Gasteiger partial charge in [0.2, 0.25) is 5.91 Å². The number of hydrogen-bond donors (Lipinski definition) is 1. The van der Waals surface area contributed by atoms with E-state index in [1.807, 2.05) is 11.0 Å². The van der Waals surface area contributed by atoms with Gasteiger partial charge in [-0.3, -0.25) is 4.79 Å². The van der Waals surface area contributed by atoms with Crippen LogP contribution < -0.4 is 15.1 Å². The van der Waals surface area contributed by atoms with E-state index in [1.54, 1.807) is 0 Å². The van der Waals surface area contributed by atoms with Crippen LogP contribution in [0.25, 0.3) is 5.57 Å². The summed E-state index contributed by atoms with van der Waals surface area (Å²) >= 11 is 5.64. The molecule has 0 spiro atoms. The van der Waals surface area contributed by atoms with Crippen LogP contribution in [0.15, 0.2) is 54.6 Å². The predicted octanol–water partition coefficient (Wildman–Crippen LogP) is 4.22. The lowest BCUT2D eigenvalue weighted by molar-refractivity contribution is -0.118. The molecule has 0 saturated carbocycles. The lowest BCUT2D eigenvalue weighted by atomic mass is 9.88. The highest BCUT2D eigenvalue weighted by atomic mass is 32.1. The molecule has 2 aliphatic rings. The van der Waals surface area contributed by atoms with Crippen LogP contribution >= 0.6 is 12.2 Å². The number of anilines is 2. The topological polar surface area (TPSA) is 38.8 Å². The van der Waals surface area contributed by atoms with E-state index in [0.717, 1.165) is 43.0 Å². The standard InChI is InChI=1S/C26H32N4OS/c1-19-10-11-22-20(2)17-26(3,4)30(23(22)16-19)24(31)18-27-25(32)29-14-12-28(13-15-29)21-8-6-5-7-9-21/h5-11,16-17H,12-15,18H2,1-4H3,(H,27,32). The van der Waals surface area contributed by atoms with Gasteiger partial charge in [0.25, 0.3) is 0 Å². The van der Waals surface area contributed by atoms with Crippen molar-refractivity contribution in [3.8, 4) is 0 Å². The van der Waals surface area contributed by atoms with Crippen molar-refractivity contribution in [1.29, 1.82) is 0 Å². The Balaban J connectivity index is 1.39. The van der Waals surface area contributed by atoms with Gasteiger partial charge in [-0.15, -0.1) is 0 Å². The first-order valence-corrected chi connectivity index (χ1v) is 11.6. The van der Waals surface area contributed by atoms with Crippen LogP contribution in [0.2, 0.25) is 0 Å². The second-order valence-electron chi connectivity index (χ2n) is 9.20. The highest BCUT2D eigenvalue weighted by Gasteiger charge is 2.35. The molecule has 6 heteroatoms. The lowest BCUT2D eigenvalue weighted by Gasteiger charge is -2.42. The van der Waals surface area contributed by atoms with Gasteiger partial charge in [-0.2, -0.15) is 0 Å². The van der Waals surface area contributed by atoms with E-state index in [2.05, 4.69) is 91.4 Å². The number of nitrogens with one attached hydrogen (secondary N) is 1. The molecule has 168 valence electrons. The predicted molar refractivity (Wildman–Crippen MR) is 137 cm³/mol. The number of fused-ring (bicyclic) bond motifs is 1. The summed E-state index contributed by atoms with van der Waals surface area (Å²) < 4.78 is 0. The van der Waals surface area contributed by atoms with Gasteiger partial charge in [0, 0.05) is 37.4 Å². The molecule has 4 rings (SSSR count). The molecule has 2 aromatic carbocycles. The summed E-state index contributed by atoms with van der Waals surface area (Å²) in [5, 5.41) is 3.88. The van der Waals surface area contributed by atoms with Crippen LogP contribution in [0.4, 0.5) is 11.4 Å². The number of piperazine rings is 1. The Morgan fingerprint density at radius 1 is 1.03 bits per heavy atom. The normalized spacial score (nSPS) is 17.5. The quantitative estimate of drug-likeness (QED) is 0.712. The van der Waals surface area contributed by atoms with Crippen molar-refractivity contribution in [2.45, 2.75) is 33.2 Å². The second kappa shape index (κ2) is 8.94. The van der Waals surface area contributed by atoms with E-state index in [9.17, 15) is 4.79 Å². The Morgan fingerprint density at radius 3 is 2.41 bits per heavy atom. The van der Waals surface area contributed by atoms with Crippen molar-refractivity contribution >= 4 is 40.2 Å². The Kier molecular flexibility index (Phi) is 6.24. The van der Waals surface area contributed by atoms with Crippen molar-refractivity contribution in [2.75, 3.05) is 42.5 Å². The summed E-state index contributed by atoms with van der Waals surface area (Å²) in [7, 11) is 0. The molecule has 0 bridgehead atoms. The number of para-hydroxylation sites is 1. The van der Waals surface area contributed by atoms with Crippen LogP contribution in [0.3, 0.4) is 0 Å². The van der Waals surface area contributed by atoms with Gasteiger partial charge < -0.3 is 20.0 Å². The van der Waals surface area contributed by atoms with Crippen molar-refractivity contribution in [3.63, 3.8) is 0 Å². The molecule has 0 aliphatic carbocycles. The number of aryl methyl sites for hydroxylation is 1. The molecule has 1 fully saturated rings. The second-order valence-corrected chi connectivity index (χ2v) is 9.59. The number of amides is 1. The van der Waals surface area contributed by atoms with Crippen molar-refractivity contribution in [1.82, 2.24) is 10.2 Å². The monoisotopic (exact) mass is 448 g/mol. The molecular formula is C26H32N4OS. The first-order chi connectivity index (χ1) is 15.3. The minimum Gasteiger partial charge on any atom is -0.368 e. The molecule has 0 unspecified atom stereocenters. The third-order valence-corrected chi connectivity index (χ3v) is 6.70. The SMILES string of the molecule is CC1=CC(C)(C)N(C(=O)CNC(=S)N2CCN(c3ccccc3)CC2)c2cc(C)ccc21. The Labute approximate surface area is 196 Å². The fourth-order valence-corrected chi connectivity index (χ4v) is 5.00. The Hall–Kier alpha value is -2.86. The molecule has 32 heavy (non-hydrogen) atoms. The van der Waals surface area contributed by atoms with E-state index in [0.29, 0.717) is 5.11 Å². The summed E-state index contributed by atoms with van der Waals surface area (Å²) in [6.45, 7) is 12.0. The van der Waals surface area contributed by atoms with Gasteiger partial charge in [-0.1, -0.05) is 36.4 Å². The number of benzene rings is 2. The molecule has 1 saturated heterocycles. The van der Waals surface area contributed by atoms with Gasteiger partial charge >= 0.3 is 0 Å². The zero-order valence-electron chi connectivity index (χ0n) is 19.4. The van der Waals surface area contributed by atoms with Crippen LogP contribution in [0, 0.1) is 6.92 Å². The molecule has 5 nitrogen and oxygen atoms in total. The summed E-state index contributed by atoms with van der Waals surface area (Å²) in [5.41, 5.74) is 5.28. The van der Waals surface area contributed by atoms with Gasteiger partial charge in [-0.05, 0) is 69.2 Å². The first-order valence-electron chi connectivity index (χ1n) is 11.2. The van der Waals surface area contributed by atoms with Crippen LogP contribution in [-0.4, -0.2) is 54.2 Å². The highest BCUT2D eigenvalue weighted by molar-refractivity contribution is 7.80. The maximum absolute atomic E-state index is 13.4. The molecule has 1 N–H and O–H groups in total. The number of hydrogen-bond acceptors (Lipinski definition) is 3. The molecule has 1 amide bonds. The zero-order chi connectivity index (χ0) is 22.9. The highest BCUT2D eigenvalue weighted by Crippen LogP contribution is 2.39. The van der Waals surface area contributed by atoms with Crippen molar-refractivity contribution in [3.05, 3.63) is 65.7 Å². The molecule has 2 aromatic rings. The van der Waals surface area contributed by atoms with E-state index in [4.69, 9.17) is 12.2 Å². The van der Waals surface area contributed by atoms with Gasteiger partial charge in [0.1, 0.15) is 0 Å². The number of rotatable bonds is 3. The van der Waals surface area contributed by atoms with E-state index in [-0.39, 0.29) is 12.5 Å². The maximum Gasteiger partial charge on any atom is 0.247 e. The van der Waals surface area contributed by atoms with Crippen LogP contribution in [0.5, 0.6) is 0 Å². The van der Waals surface area contributed by atoms with Gasteiger partial charge in [-0.25, -0.2) is 0 Å². The minimum atomic E-state index is -0.396. The smallest absolute Gasteiger partial charge is 0.247 e. The lowest BCUT2D eigenvalue weighted by Crippen LogP contribution is -2.55. The first kappa shape index (κ1) is 22.3. The van der Waals surface area contributed by atoms with Crippen LogP contribution in [0.1, 0.15) is 31.9 Å². The van der Waals surface area contributed by atoms with Gasteiger partial charge in [0.05, 0.1) is 17.8 Å². The van der Waals surface area contributed by atoms with Gasteiger partial charge in [0.15, 0.2) is 5.11 Å². The Morgan fingerprint density at radius 2 is 1.72 bits per heavy atom. The molecule has 0 atom stereocenters. The largest absolute Gasteiger partial charge is 0.368 e. The third kappa shape index (κ3) is 4.51. The number of carbonyl (C=O) groups is 1. The number of carbonyl (C=O) groups excluding carboxylic acids is 1. The number of nitrogens with zero attached hydrogens (tertiary/aromatic N) is 3. The Bertz CT molecular complexity index is 1040. The van der Waals surface area contributed by atoms with E-state index < -0.39 is 5.54 Å². The van der Waals surface area contributed by atoms with Crippen molar-refractivity contribution < 1.29 is 4.79 Å². The summed E-state index contributed by atoms with van der Waals surface area (Å²) in [4.78, 5) is 19.8. The minimum absolute atomic E-state index is 0.0240. The zero-order valence-corrected chi connectivity index (χ0v) is 20.2. The van der Waals surface area contributed by atoms with E-state index in [1.165, 1.54) is 11.3 Å². The fraction of sp³-hybridized carbons (Fsp3) is 0.385. The average molecular weight is 449 g/mol. The number of thiocarbonyl (C=S) groups is 1. The summed E-state index contributed by atoms with van der Waals surface area (Å²) in [5.74, 6) is 0.0240. The molecule has 2 heterocycles. The molecule has 0 aromatic heterocycles. The van der Waals surface area contributed by atoms with Crippen LogP contribution in [-0.2, 0) is 4.79 Å². The molecule has 0 radical (unpaired) electrons. The molecule has 2 aliphatic heterocycles. The summed E-state index contributed by atoms with van der Waals surface area (Å²) in [6, 6.07) is 16.8. The third-order valence-electron chi connectivity index (χ3n) is 6.29.